The number of hydrogen-bond acceptors (Lipinski definition) is 4. The number of hydrogen-bond donors (Lipinski definition) is 0. The van der Waals surface area contributed by atoms with Crippen LogP contribution >= 0.6 is 0 Å². The molecule has 2 aliphatic heterocycles. The molecule has 0 bridgehead atoms. The van der Waals surface area contributed by atoms with Crippen molar-refractivity contribution in [3.05, 3.63) is 59.9 Å². The molecule has 1 atom stereocenters. The largest absolute Gasteiger partial charge is 0.369 e. The number of anilines is 1. The summed E-state index contributed by atoms with van der Waals surface area (Å²) in [7, 11) is -3.70. The van der Waals surface area contributed by atoms with Crippen molar-refractivity contribution in [3.63, 3.8) is 0 Å². The third-order valence-corrected chi connectivity index (χ3v) is 8.11. The van der Waals surface area contributed by atoms with Gasteiger partial charge in [0, 0.05) is 50.0 Å². The Kier molecular flexibility index (Phi) is 6.29. The van der Waals surface area contributed by atoms with E-state index in [1.165, 1.54) is 22.5 Å². The summed E-state index contributed by atoms with van der Waals surface area (Å²) < 4.78 is 41.1. The summed E-state index contributed by atoms with van der Waals surface area (Å²) in [5.74, 6) is -0.399. The van der Waals surface area contributed by atoms with Gasteiger partial charge in [0.1, 0.15) is 5.82 Å². The molecule has 8 heteroatoms. The number of likely N-dealkylation sites (tertiary alicyclic amines) is 1. The van der Waals surface area contributed by atoms with Crippen molar-refractivity contribution >= 4 is 21.6 Å². The molecular weight excluding hydrogens is 417 g/mol. The minimum absolute atomic E-state index is 0.106. The number of nitrogens with zero attached hydrogens (tertiary/aromatic N) is 3. The molecule has 2 aromatic carbocycles. The first-order valence-corrected chi connectivity index (χ1v) is 12.2. The molecule has 4 rings (SSSR count). The Balaban J connectivity index is 1.47. The van der Waals surface area contributed by atoms with Crippen LogP contribution in [0.2, 0.25) is 0 Å². The van der Waals surface area contributed by atoms with Gasteiger partial charge in [0.2, 0.25) is 10.0 Å². The molecule has 6 nitrogen and oxygen atoms in total. The lowest BCUT2D eigenvalue weighted by Gasteiger charge is -2.35. The van der Waals surface area contributed by atoms with Crippen molar-refractivity contribution in [2.24, 2.45) is 0 Å². The standard InChI is InChI=1S/C23H28FN3O3S/c1-18-5-2-3-12-27(18)23(28)19-6-4-7-22(17-19)31(29,30)26-15-13-25(14-16-26)21-10-8-20(24)9-11-21/h4,6-11,17-18H,2-3,5,12-16H2,1H3/t18-/m1/s1. The van der Waals surface area contributed by atoms with E-state index in [2.05, 4.69) is 0 Å². The second kappa shape index (κ2) is 8.96. The monoisotopic (exact) mass is 445 g/mol. The van der Waals surface area contributed by atoms with Gasteiger partial charge in [0.15, 0.2) is 0 Å². The fourth-order valence-corrected chi connectivity index (χ4v) is 5.81. The minimum atomic E-state index is -3.70. The van der Waals surface area contributed by atoms with E-state index in [4.69, 9.17) is 0 Å². The number of sulfonamides is 1. The van der Waals surface area contributed by atoms with Gasteiger partial charge in [-0.15, -0.1) is 0 Å². The molecule has 2 aromatic rings. The maximum atomic E-state index is 13.2. The second-order valence-electron chi connectivity index (χ2n) is 8.24. The predicted molar refractivity (Wildman–Crippen MR) is 118 cm³/mol. The topological polar surface area (TPSA) is 60.9 Å². The highest BCUT2D eigenvalue weighted by Gasteiger charge is 2.30. The van der Waals surface area contributed by atoms with E-state index in [9.17, 15) is 17.6 Å². The lowest BCUT2D eigenvalue weighted by Crippen LogP contribution is -2.48. The first-order valence-electron chi connectivity index (χ1n) is 10.8. The van der Waals surface area contributed by atoms with Gasteiger partial charge < -0.3 is 9.80 Å². The van der Waals surface area contributed by atoms with Gasteiger partial charge in [0.25, 0.3) is 5.91 Å². The lowest BCUT2D eigenvalue weighted by molar-refractivity contribution is 0.0635. The highest BCUT2D eigenvalue weighted by molar-refractivity contribution is 7.89. The van der Waals surface area contributed by atoms with E-state index in [1.807, 2.05) is 16.7 Å². The van der Waals surface area contributed by atoms with Crippen LogP contribution in [0.3, 0.4) is 0 Å². The molecule has 2 fully saturated rings. The maximum Gasteiger partial charge on any atom is 0.254 e. The zero-order valence-electron chi connectivity index (χ0n) is 17.7. The number of amides is 1. The van der Waals surface area contributed by atoms with Crippen LogP contribution in [0.5, 0.6) is 0 Å². The Bertz CT molecular complexity index is 1030. The Morgan fingerprint density at radius 1 is 0.968 bits per heavy atom. The smallest absolute Gasteiger partial charge is 0.254 e. The fraction of sp³-hybridized carbons (Fsp3) is 0.435. The summed E-state index contributed by atoms with van der Waals surface area (Å²) in [6.07, 6.45) is 3.07. The number of carbonyl (C=O) groups excluding carboxylic acids is 1. The Morgan fingerprint density at radius 2 is 1.68 bits per heavy atom. The third kappa shape index (κ3) is 4.60. The predicted octanol–water partition coefficient (Wildman–Crippen LogP) is 3.35. The SMILES string of the molecule is C[C@@H]1CCCCN1C(=O)c1cccc(S(=O)(=O)N2CCN(c3ccc(F)cc3)CC2)c1. The first kappa shape index (κ1) is 21.8. The molecular formula is C23H28FN3O3S. The van der Waals surface area contributed by atoms with Crippen molar-refractivity contribution in [2.45, 2.75) is 37.1 Å². The van der Waals surface area contributed by atoms with Crippen molar-refractivity contribution in [2.75, 3.05) is 37.6 Å². The number of halogens is 1. The molecule has 0 aromatic heterocycles. The number of carbonyl (C=O) groups is 1. The molecule has 0 N–H and O–H groups in total. The van der Waals surface area contributed by atoms with Gasteiger partial charge in [-0.1, -0.05) is 6.07 Å². The number of benzene rings is 2. The van der Waals surface area contributed by atoms with Crippen LogP contribution in [0, 0.1) is 5.82 Å². The first-order chi connectivity index (χ1) is 14.9. The van der Waals surface area contributed by atoms with Gasteiger partial charge in [0.05, 0.1) is 4.90 Å². The minimum Gasteiger partial charge on any atom is -0.369 e. The molecule has 166 valence electrons. The molecule has 0 unspecified atom stereocenters. The maximum absolute atomic E-state index is 13.2. The normalized spacial score (nSPS) is 20.6. The van der Waals surface area contributed by atoms with Gasteiger partial charge in [-0.05, 0) is 68.7 Å². The lowest BCUT2D eigenvalue weighted by atomic mass is 10.0. The Hall–Kier alpha value is -2.45. The fourth-order valence-electron chi connectivity index (χ4n) is 4.34. The summed E-state index contributed by atoms with van der Waals surface area (Å²) in [4.78, 5) is 17.0. The highest BCUT2D eigenvalue weighted by Crippen LogP contribution is 2.24. The van der Waals surface area contributed by atoms with Crippen molar-refractivity contribution < 1.29 is 17.6 Å². The molecule has 2 aliphatic rings. The summed E-state index contributed by atoms with van der Waals surface area (Å²) in [6, 6.07) is 12.8. The van der Waals surface area contributed by atoms with E-state index < -0.39 is 10.0 Å². The Morgan fingerprint density at radius 3 is 2.35 bits per heavy atom. The zero-order chi connectivity index (χ0) is 22.0. The molecule has 2 heterocycles. The van der Waals surface area contributed by atoms with Crippen LogP contribution in [0.15, 0.2) is 53.4 Å². The van der Waals surface area contributed by atoms with Crippen LogP contribution < -0.4 is 4.90 Å². The quantitative estimate of drug-likeness (QED) is 0.724. The average molecular weight is 446 g/mol. The van der Waals surface area contributed by atoms with Gasteiger partial charge in [-0.2, -0.15) is 4.31 Å². The van der Waals surface area contributed by atoms with E-state index >= 15 is 0 Å². The summed E-state index contributed by atoms with van der Waals surface area (Å²) in [6.45, 7) is 4.46. The summed E-state index contributed by atoms with van der Waals surface area (Å²) in [5, 5.41) is 0. The Labute approximate surface area is 183 Å². The molecule has 0 radical (unpaired) electrons. The second-order valence-corrected chi connectivity index (χ2v) is 10.2. The van der Waals surface area contributed by atoms with Crippen molar-refractivity contribution in [1.29, 1.82) is 0 Å². The van der Waals surface area contributed by atoms with E-state index in [0.717, 1.165) is 24.9 Å². The van der Waals surface area contributed by atoms with Gasteiger partial charge in [-0.3, -0.25) is 4.79 Å². The van der Waals surface area contributed by atoms with Crippen LogP contribution in [0.1, 0.15) is 36.5 Å². The van der Waals surface area contributed by atoms with E-state index in [0.29, 0.717) is 38.3 Å². The van der Waals surface area contributed by atoms with Gasteiger partial charge in [-0.25, -0.2) is 12.8 Å². The third-order valence-electron chi connectivity index (χ3n) is 6.21. The van der Waals surface area contributed by atoms with Crippen LogP contribution in [0.4, 0.5) is 10.1 Å². The molecule has 2 saturated heterocycles. The van der Waals surface area contributed by atoms with E-state index in [1.54, 1.807) is 30.3 Å². The molecule has 0 spiro atoms. The summed E-state index contributed by atoms with van der Waals surface area (Å²) >= 11 is 0. The zero-order valence-corrected chi connectivity index (χ0v) is 18.5. The molecule has 31 heavy (non-hydrogen) atoms. The van der Waals surface area contributed by atoms with Crippen LogP contribution in [-0.2, 0) is 10.0 Å². The molecule has 1 amide bonds. The number of piperazine rings is 1. The van der Waals surface area contributed by atoms with Crippen LogP contribution in [0.25, 0.3) is 0 Å². The number of rotatable bonds is 4. The molecule has 0 saturated carbocycles. The van der Waals surface area contributed by atoms with Crippen molar-refractivity contribution in [3.8, 4) is 0 Å². The van der Waals surface area contributed by atoms with Gasteiger partial charge >= 0.3 is 0 Å². The summed E-state index contributed by atoms with van der Waals surface area (Å²) in [5.41, 5.74) is 1.29. The highest BCUT2D eigenvalue weighted by atomic mass is 32.2. The van der Waals surface area contributed by atoms with Crippen molar-refractivity contribution in [1.82, 2.24) is 9.21 Å². The van der Waals surface area contributed by atoms with Crippen LogP contribution in [-0.4, -0.2) is 62.3 Å². The average Bonchev–Trinajstić information content (AvgIpc) is 2.80. The number of piperidine rings is 1. The molecule has 0 aliphatic carbocycles. The van der Waals surface area contributed by atoms with E-state index in [-0.39, 0.29) is 22.7 Å².